The van der Waals surface area contributed by atoms with Gasteiger partial charge in [0.2, 0.25) is 11.7 Å². The molecule has 3 aromatic heterocycles. The Morgan fingerprint density at radius 1 is 1.29 bits per heavy atom. The Labute approximate surface area is 160 Å². The van der Waals surface area contributed by atoms with Crippen LogP contribution in [0.25, 0.3) is 22.4 Å². The number of rotatable bonds is 4. The first-order chi connectivity index (χ1) is 13.6. The lowest BCUT2D eigenvalue weighted by Gasteiger charge is -2.32. The molecule has 0 spiro atoms. The van der Waals surface area contributed by atoms with Gasteiger partial charge in [-0.05, 0) is 38.1 Å². The summed E-state index contributed by atoms with van der Waals surface area (Å²) in [5.74, 6) is 1.01. The number of nitrogens with zero attached hydrogens (tertiary/aromatic N) is 6. The first kappa shape index (κ1) is 18.1. The summed E-state index contributed by atoms with van der Waals surface area (Å²) in [4.78, 5) is 23.0. The van der Waals surface area contributed by atoms with E-state index in [0.717, 1.165) is 31.7 Å². The van der Waals surface area contributed by atoms with E-state index in [1.807, 2.05) is 13.1 Å². The molecule has 1 aliphatic heterocycles. The van der Waals surface area contributed by atoms with Crippen molar-refractivity contribution in [1.29, 1.82) is 0 Å². The molecule has 0 aliphatic carbocycles. The number of ether oxygens (including phenoxy) is 1. The highest BCUT2D eigenvalue weighted by Gasteiger charge is 2.20. The molecule has 10 nitrogen and oxygen atoms in total. The summed E-state index contributed by atoms with van der Waals surface area (Å²) in [5.41, 5.74) is 0.00183. The highest BCUT2D eigenvalue weighted by molar-refractivity contribution is 5.79. The normalized spacial score (nSPS) is 14.9. The third kappa shape index (κ3) is 3.22. The first-order valence-corrected chi connectivity index (χ1v) is 9.02. The standard InChI is InChI=1S/C18H21N7O3/c1-24(11-5-7-19-8-6-11)15-4-3-13(22-23-15)17-21-14-10-20-16(28-2)9-12(14)18(26)25(17)27/h3-4,9-11,19,27H,5-8H2,1-2H3. The zero-order valence-electron chi connectivity index (χ0n) is 15.7. The van der Waals surface area contributed by atoms with Crippen molar-refractivity contribution in [1.82, 2.24) is 30.2 Å². The molecule has 1 aliphatic rings. The topological polar surface area (TPSA) is 118 Å². The second-order valence-electron chi connectivity index (χ2n) is 6.67. The van der Waals surface area contributed by atoms with Gasteiger partial charge in [-0.15, -0.1) is 14.9 Å². The maximum Gasteiger partial charge on any atom is 0.294 e. The Morgan fingerprint density at radius 3 is 2.75 bits per heavy atom. The molecule has 0 bridgehead atoms. The van der Waals surface area contributed by atoms with Crippen LogP contribution in [0.2, 0.25) is 0 Å². The van der Waals surface area contributed by atoms with Crippen LogP contribution in [0.1, 0.15) is 12.8 Å². The van der Waals surface area contributed by atoms with Crippen LogP contribution < -0.4 is 20.5 Å². The van der Waals surface area contributed by atoms with E-state index in [-0.39, 0.29) is 17.1 Å². The number of aromatic nitrogens is 5. The van der Waals surface area contributed by atoms with Crippen molar-refractivity contribution in [2.45, 2.75) is 18.9 Å². The molecule has 0 amide bonds. The van der Waals surface area contributed by atoms with Crippen molar-refractivity contribution >= 4 is 16.7 Å². The number of hydrogen-bond acceptors (Lipinski definition) is 9. The van der Waals surface area contributed by atoms with Crippen LogP contribution in [0.15, 0.2) is 29.2 Å². The number of fused-ring (bicyclic) bond motifs is 1. The van der Waals surface area contributed by atoms with Gasteiger partial charge >= 0.3 is 0 Å². The van der Waals surface area contributed by atoms with Crippen LogP contribution in [-0.4, -0.2) is 63.4 Å². The van der Waals surface area contributed by atoms with Crippen LogP contribution in [0.4, 0.5) is 5.82 Å². The van der Waals surface area contributed by atoms with Gasteiger partial charge in [-0.25, -0.2) is 9.97 Å². The molecule has 0 atom stereocenters. The van der Waals surface area contributed by atoms with Gasteiger partial charge in [-0.1, -0.05) is 0 Å². The van der Waals surface area contributed by atoms with Crippen LogP contribution in [0, 0.1) is 0 Å². The van der Waals surface area contributed by atoms with E-state index in [0.29, 0.717) is 22.0 Å². The van der Waals surface area contributed by atoms with Crippen LogP contribution in [0.5, 0.6) is 5.88 Å². The molecule has 0 aromatic carbocycles. The number of methoxy groups -OCH3 is 1. The lowest BCUT2D eigenvalue weighted by Crippen LogP contribution is -2.41. The molecule has 3 aromatic rings. The van der Waals surface area contributed by atoms with Crippen molar-refractivity contribution in [3.63, 3.8) is 0 Å². The van der Waals surface area contributed by atoms with E-state index in [9.17, 15) is 10.0 Å². The van der Waals surface area contributed by atoms with E-state index in [4.69, 9.17) is 4.74 Å². The Kier molecular flexibility index (Phi) is 4.78. The lowest BCUT2D eigenvalue weighted by atomic mass is 10.1. The van der Waals surface area contributed by atoms with Gasteiger partial charge < -0.3 is 20.2 Å². The second-order valence-corrected chi connectivity index (χ2v) is 6.67. The van der Waals surface area contributed by atoms with Gasteiger partial charge in [0, 0.05) is 19.2 Å². The summed E-state index contributed by atoms with van der Waals surface area (Å²) in [5, 5.41) is 22.3. The highest BCUT2D eigenvalue weighted by Crippen LogP contribution is 2.21. The van der Waals surface area contributed by atoms with Crippen molar-refractivity contribution in [2.24, 2.45) is 0 Å². The molecule has 0 unspecified atom stereocenters. The van der Waals surface area contributed by atoms with E-state index in [2.05, 4.69) is 30.4 Å². The number of hydrogen-bond donors (Lipinski definition) is 2. The largest absolute Gasteiger partial charge is 0.481 e. The Morgan fingerprint density at radius 2 is 2.07 bits per heavy atom. The summed E-state index contributed by atoms with van der Waals surface area (Å²) in [7, 11) is 3.44. The summed E-state index contributed by atoms with van der Waals surface area (Å²) in [6.07, 6.45) is 3.50. The minimum atomic E-state index is -0.626. The van der Waals surface area contributed by atoms with Crippen molar-refractivity contribution in [2.75, 3.05) is 32.1 Å². The fourth-order valence-electron chi connectivity index (χ4n) is 3.35. The Hall–Kier alpha value is -3.27. The van der Waals surface area contributed by atoms with E-state index < -0.39 is 5.56 Å². The molecule has 1 fully saturated rings. The van der Waals surface area contributed by atoms with Crippen LogP contribution >= 0.6 is 0 Å². The van der Waals surface area contributed by atoms with Gasteiger partial charge in [-0.2, -0.15) is 0 Å². The fraction of sp³-hybridized carbons (Fsp3) is 0.389. The molecule has 4 rings (SSSR count). The zero-order valence-corrected chi connectivity index (χ0v) is 15.7. The summed E-state index contributed by atoms with van der Waals surface area (Å²) in [6.45, 7) is 1.97. The minimum Gasteiger partial charge on any atom is -0.481 e. The highest BCUT2D eigenvalue weighted by atomic mass is 16.5. The van der Waals surface area contributed by atoms with Gasteiger partial charge in [0.05, 0.1) is 24.2 Å². The Bertz CT molecular complexity index is 1050. The monoisotopic (exact) mass is 383 g/mol. The van der Waals surface area contributed by atoms with Gasteiger partial charge in [0.25, 0.3) is 5.56 Å². The molecule has 0 radical (unpaired) electrons. The number of pyridine rings is 1. The molecule has 28 heavy (non-hydrogen) atoms. The molecule has 1 saturated heterocycles. The molecule has 4 heterocycles. The molecule has 2 N–H and O–H groups in total. The number of nitrogens with one attached hydrogen (secondary N) is 1. The average molecular weight is 383 g/mol. The maximum absolute atomic E-state index is 12.5. The Balaban J connectivity index is 1.68. The third-order valence-corrected chi connectivity index (χ3v) is 5.01. The molecule has 146 valence electrons. The van der Waals surface area contributed by atoms with Crippen molar-refractivity contribution < 1.29 is 9.94 Å². The fourth-order valence-corrected chi connectivity index (χ4v) is 3.35. The smallest absolute Gasteiger partial charge is 0.294 e. The lowest BCUT2D eigenvalue weighted by molar-refractivity contribution is 0.178. The first-order valence-electron chi connectivity index (χ1n) is 9.02. The number of piperidine rings is 1. The average Bonchev–Trinajstić information content (AvgIpc) is 2.76. The zero-order chi connectivity index (χ0) is 19.7. The van der Waals surface area contributed by atoms with Crippen molar-refractivity contribution in [3.8, 4) is 17.4 Å². The predicted octanol–water partition coefficient (Wildman–Crippen LogP) is 0.683. The molecular formula is C18H21N7O3. The summed E-state index contributed by atoms with van der Waals surface area (Å²) >= 11 is 0. The van der Waals surface area contributed by atoms with E-state index in [1.165, 1.54) is 19.4 Å². The van der Waals surface area contributed by atoms with Gasteiger partial charge in [-0.3, -0.25) is 4.79 Å². The van der Waals surface area contributed by atoms with E-state index in [1.54, 1.807) is 6.07 Å². The SMILES string of the molecule is COc1cc2c(=O)n(O)c(-c3ccc(N(C)C4CCNCC4)nn3)nc2cn1. The number of anilines is 1. The molecule has 10 heteroatoms. The molecule has 0 saturated carbocycles. The van der Waals surface area contributed by atoms with Crippen LogP contribution in [-0.2, 0) is 0 Å². The quantitative estimate of drug-likeness (QED) is 0.627. The van der Waals surface area contributed by atoms with Gasteiger partial charge in [0.1, 0.15) is 5.69 Å². The van der Waals surface area contributed by atoms with Crippen LogP contribution in [0.3, 0.4) is 0 Å². The van der Waals surface area contributed by atoms with E-state index >= 15 is 0 Å². The van der Waals surface area contributed by atoms with Gasteiger partial charge in [0.15, 0.2) is 5.82 Å². The molecular weight excluding hydrogens is 362 g/mol. The maximum atomic E-state index is 12.5. The van der Waals surface area contributed by atoms with Crippen molar-refractivity contribution in [3.05, 3.63) is 34.7 Å². The second kappa shape index (κ2) is 7.39. The summed E-state index contributed by atoms with van der Waals surface area (Å²) in [6, 6.07) is 5.34. The minimum absolute atomic E-state index is 0.00744. The summed E-state index contributed by atoms with van der Waals surface area (Å²) < 4.78 is 5.49. The predicted molar refractivity (Wildman–Crippen MR) is 103 cm³/mol. The third-order valence-electron chi connectivity index (χ3n) is 5.01.